The van der Waals surface area contributed by atoms with Crippen LogP contribution < -0.4 is 0 Å². The predicted molar refractivity (Wildman–Crippen MR) is 74.8 cm³/mol. The van der Waals surface area contributed by atoms with Crippen LogP contribution in [-0.4, -0.2) is 34.6 Å². The number of aliphatic hydroxyl groups is 1. The Balaban J connectivity index is 2.66. The number of halogens is 5. The van der Waals surface area contributed by atoms with Crippen molar-refractivity contribution < 1.29 is 36.6 Å². The molecule has 1 N–H and O–H groups in total. The molecular formula is C15H13F5N2O3. The summed E-state index contributed by atoms with van der Waals surface area (Å²) in [6.45, 7) is -1.44. The number of nitrogens with zero attached hydrogens (tertiary/aromatic N) is 2. The van der Waals surface area contributed by atoms with Crippen molar-refractivity contribution in [1.29, 1.82) is 0 Å². The van der Waals surface area contributed by atoms with Gasteiger partial charge in [0.15, 0.2) is 11.4 Å². The van der Waals surface area contributed by atoms with Gasteiger partial charge in [0, 0.05) is 24.2 Å². The van der Waals surface area contributed by atoms with E-state index in [1.54, 1.807) is 0 Å². The number of hydrogen-bond acceptors (Lipinski definition) is 4. The van der Waals surface area contributed by atoms with Gasteiger partial charge in [-0.2, -0.15) is 18.3 Å². The Bertz CT molecular complexity index is 766. The molecule has 0 spiro atoms. The Labute approximate surface area is 138 Å². The van der Waals surface area contributed by atoms with E-state index < -0.39 is 65.9 Å². The molecule has 10 heteroatoms. The van der Waals surface area contributed by atoms with Crippen molar-refractivity contribution >= 4 is 5.97 Å². The van der Waals surface area contributed by atoms with E-state index in [1.165, 1.54) is 0 Å². The Morgan fingerprint density at radius 1 is 1.24 bits per heavy atom. The molecule has 0 unspecified atom stereocenters. The summed E-state index contributed by atoms with van der Waals surface area (Å²) in [7, 11) is 0.944. The Morgan fingerprint density at radius 3 is 2.32 bits per heavy atom. The first-order valence-electron chi connectivity index (χ1n) is 6.99. The van der Waals surface area contributed by atoms with Crippen molar-refractivity contribution in [2.24, 2.45) is 0 Å². The number of carbonyl (C=O) groups is 1. The van der Waals surface area contributed by atoms with Gasteiger partial charge in [0.1, 0.15) is 11.6 Å². The number of esters is 1. The Hall–Kier alpha value is -2.49. The lowest BCUT2D eigenvalue weighted by Gasteiger charge is -2.09. The zero-order chi connectivity index (χ0) is 18.8. The van der Waals surface area contributed by atoms with Crippen molar-refractivity contribution in [3.8, 4) is 0 Å². The first-order valence-corrected chi connectivity index (χ1v) is 6.99. The molecule has 5 nitrogen and oxygen atoms in total. The van der Waals surface area contributed by atoms with Gasteiger partial charge < -0.3 is 9.84 Å². The minimum absolute atomic E-state index is 0.529. The zero-order valence-electron chi connectivity index (χ0n) is 12.9. The maximum Gasteiger partial charge on any atom is 0.435 e. The van der Waals surface area contributed by atoms with Crippen LogP contribution in [0.1, 0.15) is 27.3 Å². The van der Waals surface area contributed by atoms with Crippen LogP contribution in [0.2, 0.25) is 0 Å². The zero-order valence-corrected chi connectivity index (χ0v) is 12.9. The van der Waals surface area contributed by atoms with Gasteiger partial charge in [-0.1, -0.05) is 6.07 Å². The summed E-state index contributed by atoms with van der Waals surface area (Å²) in [6, 6.07) is 2.95. The van der Waals surface area contributed by atoms with E-state index in [4.69, 9.17) is 5.11 Å². The molecule has 1 heterocycles. The second kappa shape index (κ2) is 7.18. The van der Waals surface area contributed by atoms with Crippen LogP contribution in [0.3, 0.4) is 0 Å². The molecular weight excluding hydrogens is 351 g/mol. The SMILES string of the molecule is COC(=O)c1c(CCO)c(C(F)(F)F)nn1Cc1c(F)cccc1F. The van der Waals surface area contributed by atoms with Crippen LogP contribution in [0.15, 0.2) is 18.2 Å². The van der Waals surface area contributed by atoms with Gasteiger partial charge in [-0.15, -0.1) is 0 Å². The van der Waals surface area contributed by atoms with E-state index >= 15 is 0 Å². The third-order valence-electron chi connectivity index (χ3n) is 3.43. The normalized spacial score (nSPS) is 11.6. The van der Waals surface area contributed by atoms with Crippen LogP contribution in [0.4, 0.5) is 22.0 Å². The van der Waals surface area contributed by atoms with E-state index in [2.05, 4.69) is 9.84 Å². The third kappa shape index (κ3) is 3.78. The maximum absolute atomic E-state index is 13.8. The van der Waals surface area contributed by atoms with Gasteiger partial charge in [0.2, 0.25) is 0 Å². The molecule has 1 aromatic heterocycles. The third-order valence-corrected chi connectivity index (χ3v) is 3.43. The molecule has 2 rings (SSSR count). The highest BCUT2D eigenvalue weighted by molar-refractivity contribution is 5.89. The number of benzene rings is 1. The summed E-state index contributed by atoms with van der Waals surface area (Å²) >= 11 is 0. The summed E-state index contributed by atoms with van der Waals surface area (Å²) in [4.78, 5) is 11.9. The highest BCUT2D eigenvalue weighted by atomic mass is 19.4. The van der Waals surface area contributed by atoms with Gasteiger partial charge in [0.05, 0.1) is 13.7 Å². The number of methoxy groups -OCH3 is 1. The molecule has 0 saturated heterocycles. The molecule has 0 amide bonds. The number of rotatable bonds is 5. The topological polar surface area (TPSA) is 64.3 Å². The fourth-order valence-corrected chi connectivity index (χ4v) is 2.35. The van der Waals surface area contributed by atoms with Crippen LogP contribution >= 0.6 is 0 Å². The van der Waals surface area contributed by atoms with Crippen LogP contribution in [0, 0.1) is 11.6 Å². The van der Waals surface area contributed by atoms with E-state index in [0.29, 0.717) is 4.68 Å². The largest absolute Gasteiger partial charge is 0.464 e. The van der Waals surface area contributed by atoms with Gasteiger partial charge in [-0.05, 0) is 12.1 Å². The molecule has 0 aliphatic rings. The van der Waals surface area contributed by atoms with Crippen molar-refractivity contribution in [2.75, 3.05) is 13.7 Å². The first kappa shape index (κ1) is 18.8. The summed E-state index contributed by atoms with van der Waals surface area (Å²) < 4.78 is 72.1. The quantitative estimate of drug-likeness (QED) is 0.654. The van der Waals surface area contributed by atoms with E-state index in [1.807, 2.05) is 0 Å². The summed E-state index contributed by atoms with van der Waals surface area (Å²) in [5.41, 5.74) is -3.19. The monoisotopic (exact) mass is 364 g/mol. The fourth-order valence-electron chi connectivity index (χ4n) is 2.35. The lowest BCUT2D eigenvalue weighted by atomic mass is 10.1. The number of aliphatic hydroxyl groups excluding tert-OH is 1. The van der Waals surface area contributed by atoms with E-state index in [-0.39, 0.29) is 0 Å². The highest BCUT2D eigenvalue weighted by Crippen LogP contribution is 2.33. The molecule has 0 aliphatic carbocycles. The van der Waals surface area contributed by atoms with Crippen LogP contribution in [0.25, 0.3) is 0 Å². The van der Waals surface area contributed by atoms with Crippen LogP contribution in [-0.2, 0) is 23.9 Å². The number of aromatic nitrogens is 2. The summed E-state index contributed by atoms with van der Waals surface area (Å²) in [6.07, 6.45) is -5.45. The molecule has 0 saturated carbocycles. The smallest absolute Gasteiger partial charge is 0.435 e. The van der Waals surface area contributed by atoms with E-state index in [9.17, 15) is 26.7 Å². The average Bonchev–Trinajstić information content (AvgIpc) is 2.89. The summed E-state index contributed by atoms with van der Waals surface area (Å²) in [5, 5.41) is 12.3. The highest BCUT2D eigenvalue weighted by Gasteiger charge is 2.40. The minimum atomic E-state index is -4.92. The summed E-state index contributed by atoms with van der Waals surface area (Å²) in [5.74, 6) is -3.16. The van der Waals surface area contributed by atoms with Crippen molar-refractivity contribution in [3.05, 3.63) is 52.3 Å². The molecule has 0 bridgehead atoms. The van der Waals surface area contributed by atoms with Crippen molar-refractivity contribution in [3.63, 3.8) is 0 Å². The van der Waals surface area contributed by atoms with Gasteiger partial charge in [0.25, 0.3) is 0 Å². The molecule has 25 heavy (non-hydrogen) atoms. The van der Waals surface area contributed by atoms with Crippen LogP contribution in [0.5, 0.6) is 0 Å². The minimum Gasteiger partial charge on any atom is -0.464 e. The van der Waals surface area contributed by atoms with Crippen molar-refractivity contribution in [2.45, 2.75) is 19.1 Å². The fraction of sp³-hybridized carbons (Fsp3) is 0.333. The number of alkyl halides is 3. The molecule has 0 atom stereocenters. The number of hydrogen-bond donors (Lipinski definition) is 1. The van der Waals surface area contributed by atoms with Gasteiger partial charge >= 0.3 is 12.1 Å². The molecule has 0 radical (unpaired) electrons. The predicted octanol–water partition coefficient (Wildman–Crippen LogP) is 2.55. The van der Waals surface area contributed by atoms with Crippen molar-refractivity contribution in [1.82, 2.24) is 9.78 Å². The second-order valence-corrected chi connectivity index (χ2v) is 5.00. The maximum atomic E-state index is 13.8. The molecule has 0 fully saturated rings. The average molecular weight is 364 g/mol. The standard InChI is InChI=1S/C15H13F5N2O3/c1-25-14(24)12-8(5-6-23)13(15(18,19)20)21-22(12)7-9-10(16)3-2-4-11(9)17/h2-4,23H,5-7H2,1H3. The Kier molecular flexibility index (Phi) is 5.41. The van der Waals surface area contributed by atoms with E-state index in [0.717, 1.165) is 25.3 Å². The lowest BCUT2D eigenvalue weighted by molar-refractivity contribution is -0.142. The van der Waals surface area contributed by atoms with Gasteiger partial charge in [-0.25, -0.2) is 13.6 Å². The molecule has 2 aromatic rings. The first-order chi connectivity index (χ1) is 11.7. The van der Waals surface area contributed by atoms with Gasteiger partial charge in [-0.3, -0.25) is 4.68 Å². The number of ether oxygens (including phenoxy) is 1. The number of carbonyl (C=O) groups excluding carboxylic acids is 1. The molecule has 136 valence electrons. The second-order valence-electron chi connectivity index (χ2n) is 5.00. The molecule has 1 aromatic carbocycles. The Morgan fingerprint density at radius 2 is 1.84 bits per heavy atom. The lowest BCUT2D eigenvalue weighted by Crippen LogP contribution is -2.16. The molecule has 0 aliphatic heterocycles.